The van der Waals surface area contributed by atoms with Crippen molar-refractivity contribution in [2.75, 3.05) is 18.5 Å². The molecule has 2 rings (SSSR count). The lowest BCUT2D eigenvalue weighted by Gasteiger charge is -2.47. The maximum atomic E-state index is 3.24. The Hall–Kier alpha value is -1.02. The van der Waals surface area contributed by atoms with Gasteiger partial charge in [0.2, 0.25) is 0 Å². The molecule has 0 radical (unpaired) electrons. The van der Waals surface area contributed by atoms with Crippen LogP contribution < -0.4 is 10.2 Å². The van der Waals surface area contributed by atoms with Crippen molar-refractivity contribution in [1.82, 2.24) is 5.32 Å². The van der Waals surface area contributed by atoms with Crippen LogP contribution in [0.3, 0.4) is 0 Å². The first-order chi connectivity index (χ1) is 8.99. The smallest absolute Gasteiger partial charge is 0.0406 e. The van der Waals surface area contributed by atoms with E-state index in [2.05, 4.69) is 56.1 Å². The first-order valence-electron chi connectivity index (χ1n) is 7.54. The molecule has 19 heavy (non-hydrogen) atoms. The molecule has 0 spiro atoms. The number of benzene rings is 1. The summed E-state index contributed by atoms with van der Waals surface area (Å²) in [5.74, 6) is 0.648. The number of nitrogens with one attached hydrogen (secondary N) is 1. The second-order valence-corrected chi connectivity index (χ2v) is 6.49. The summed E-state index contributed by atoms with van der Waals surface area (Å²) in [4.78, 5) is 2.60. The van der Waals surface area contributed by atoms with Crippen molar-refractivity contribution in [3.05, 3.63) is 29.3 Å². The topological polar surface area (TPSA) is 15.3 Å². The minimum Gasteiger partial charge on any atom is -0.366 e. The number of nitrogens with zero attached hydrogens (tertiary/aromatic N) is 1. The van der Waals surface area contributed by atoms with Gasteiger partial charge in [-0.3, -0.25) is 0 Å². The Morgan fingerprint density at radius 3 is 2.74 bits per heavy atom. The molecule has 0 saturated heterocycles. The van der Waals surface area contributed by atoms with Gasteiger partial charge in [-0.2, -0.15) is 0 Å². The molecule has 1 atom stereocenters. The Labute approximate surface area is 118 Å². The highest BCUT2D eigenvalue weighted by Crippen LogP contribution is 2.43. The van der Waals surface area contributed by atoms with E-state index in [0.717, 1.165) is 13.1 Å². The maximum absolute atomic E-state index is 3.24. The van der Waals surface area contributed by atoms with E-state index < -0.39 is 0 Å². The van der Waals surface area contributed by atoms with Gasteiger partial charge >= 0.3 is 0 Å². The Morgan fingerprint density at radius 2 is 2.11 bits per heavy atom. The van der Waals surface area contributed by atoms with E-state index in [9.17, 15) is 0 Å². The molecule has 0 bridgehead atoms. The molecule has 1 aromatic carbocycles. The third kappa shape index (κ3) is 2.79. The number of hydrogen-bond donors (Lipinski definition) is 1. The summed E-state index contributed by atoms with van der Waals surface area (Å²) in [6, 6.07) is 7.00. The molecule has 1 aromatic rings. The molecule has 2 nitrogen and oxygen atoms in total. The van der Waals surface area contributed by atoms with E-state index in [4.69, 9.17) is 0 Å². The van der Waals surface area contributed by atoms with Crippen molar-refractivity contribution in [1.29, 1.82) is 0 Å². The van der Waals surface area contributed by atoms with Crippen LogP contribution >= 0.6 is 0 Å². The van der Waals surface area contributed by atoms with Gasteiger partial charge in [0.25, 0.3) is 0 Å². The summed E-state index contributed by atoms with van der Waals surface area (Å²) in [7, 11) is 2.01. The van der Waals surface area contributed by atoms with Gasteiger partial charge in [-0.1, -0.05) is 26.0 Å². The number of anilines is 1. The molecule has 1 N–H and O–H groups in total. The zero-order valence-corrected chi connectivity index (χ0v) is 13.1. The Balaban J connectivity index is 2.42. The zero-order valence-electron chi connectivity index (χ0n) is 13.1. The highest BCUT2D eigenvalue weighted by Gasteiger charge is 2.35. The van der Waals surface area contributed by atoms with E-state index in [0.29, 0.717) is 5.92 Å². The fourth-order valence-electron chi connectivity index (χ4n) is 3.50. The Bertz CT molecular complexity index is 437. The van der Waals surface area contributed by atoms with Gasteiger partial charge in [0.05, 0.1) is 0 Å². The molecule has 1 aliphatic heterocycles. The SMILES string of the molecule is CCCN1c2ccc(CNC)cc2[C@H](C)CC1(C)C. The third-order valence-electron chi connectivity index (χ3n) is 4.28. The molecule has 2 heteroatoms. The lowest BCUT2D eigenvalue weighted by Crippen LogP contribution is -2.48. The molecule has 0 aliphatic carbocycles. The molecule has 1 aliphatic rings. The van der Waals surface area contributed by atoms with Crippen molar-refractivity contribution in [3.8, 4) is 0 Å². The van der Waals surface area contributed by atoms with Crippen molar-refractivity contribution < 1.29 is 0 Å². The first kappa shape index (κ1) is 14.4. The van der Waals surface area contributed by atoms with Gasteiger partial charge in [-0.05, 0) is 56.8 Å². The van der Waals surface area contributed by atoms with Crippen LogP contribution in [0.1, 0.15) is 57.6 Å². The predicted octanol–water partition coefficient (Wildman–Crippen LogP) is 3.91. The Morgan fingerprint density at radius 1 is 1.37 bits per heavy atom. The average Bonchev–Trinajstić information content (AvgIpc) is 2.34. The highest BCUT2D eigenvalue weighted by atomic mass is 15.2. The molecule has 0 saturated carbocycles. The van der Waals surface area contributed by atoms with Crippen LogP contribution in [0, 0.1) is 0 Å². The second kappa shape index (κ2) is 5.54. The fraction of sp³-hybridized carbons (Fsp3) is 0.647. The fourth-order valence-corrected chi connectivity index (χ4v) is 3.50. The Kier molecular flexibility index (Phi) is 4.19. The molecule has 1 heterocycles. The van der Waals surface area contributed by atoms with Crippen LogP contribution in [0.5, 0.6) is 0 Å². The first-order valence-corrected chi connectivity index (χ1v) is 7.54. The third-order valence-corrected chi connectivity index (χ3v) is 4.28. The summed E-state index contributed by atoms with van der Waals surface area (Å²) in [5.41, 5.74) is 4.64. The minimum absolute atomic E-state index is 0.271. The summed E-state index contributed by atoms with van der Waals surface area (Å²) < 4.78 is 0. The van der Waals surface area contributed by atoms with Crippen LogP contribution in [0.4, 0.5) is 5.69 Å². The largest absolute Gasteiger partial charge is 0.366 e. The highest BCUT2D eigenvalue weighted by molar-refractivity contribution is 5.60. The van der Waals surface area contributed by atoms with Gasteiger partial charge < -0.3 is 10.2 Å². The molecule has 0 amide bonds. The van der Waals surface area contributed by atoms with E-state index in [1.54, 1.807) is 0 Å². The molecular weight excluding hydrogens is 232 g/mol. The molecule has 0 fully saturated rings. The van der Waals surface area contributed by atoms with Crippen LogP contribution in [0.25, 0.3) is 0 Å². The van der Waals surface area contributed by atoms with Crippen LogP contribution in [0.15, 0.2) is 18.2 Å². The molecule has 0 unspecified atom stereocenters. The minimum atomic E-state index is 0.271. The molecule has 106 valence electrons. The lowest BCUT2D eigenvalue weighted by atomic mass is 9.79. The quantitative estimate of drug-likeness (QED) is 0.883. The summed E-state index contributed by atoms with van der Waals surface area (Å²) in [6.07, 6.45) is 2.44. The van der Waals surface area contributed by atoms with E-state index in [1.165, 1.54) is 29.7 Å². The van der Waals surface area contributed by atoms with Gasteiger partial charge in [-0.25, -0.2) is 0 Å². The van der Waals surface area contributed by atoms with E-state index >= 15 is 0 Å². The van der Waals surface area contributed by atoms with Crippen LogP contribution in [-0.2, 0) is 6.54 Å². The van der Waals surface area contributed by atoms with Gasteiger partial charge in [-0.15, -0.1) is 0 Å². The monoisotopic (exact) mass is 260 g/mol. The lowest BCUT2D eigenvalue weighted by molar-refractivity contribution is 0.376. The standard InChI is InChI=1S/C17H28N2/c1-6-9-19-16-8-7-14(12-18-5)10-15(16)13(2)11-17(19,3)4/h7-8,10,13,18H,6,9,11-12H2,1-5H3/t13-/m1/s1. The van der Waals surface area contributed by atoms with Crippen molar-refractivity contribution in [2.45, 2.75) is 58.5 Å². The van der Waals surface area contributed by atoms with Crippen molar-refractivity contribution >= 4 is 5.69 Å². The van der Waals surface area contributed by atoms with Gasteiger partial charge in [0.1, 0.15) is 0 Å². The zero-order chi connectivity index (χ0) is 14.0. The predicted molar refractivity (Wildman–Crippen MR) is 84.0 cm³/mol. The molecule has 0 aromatic heterocycles. The summed E-state index contributed by atoms with van der Waals surface area (Å²) in [6.45, 7) is 11.5. The number of rotatable bonds is 4. The van der Waals surface area contributed by atoms with Crippen LogP contribution in [0.2, 0.25) is 0 Å². The summed E-state index contributed by atoms with van der Waals surface area (Å²) >= 11 is 0. The van der Waals surface area contributed by atoms with Crippen molar-refractivity contribution in [3.63, 3.8) is 0 Å². The summed E-state index contributed by atoms with van der Waals surface area (Å²) in [5, 5.41) is 3.24. The van der Waals surface area contributed by atoms with Gasteiger partial charge in [0, 0.05) is 24.3 Å². The number of fused-ring (bicyclic) bond motifs is 1. The van der Waals surface area contributed by atoms with E-state index in [1.807, 2.05) is 7.05 Å². The van der Waals surface area contributed by atoms with Gasteiger partial charge in [0.15, 0.2) is 0 Å². The maximum Gasteiger partial charge on any atom is 0.0406 e. The van der Waals surface area contributed by atoms with Crippen LogP contribution in [-0.4, -0.2) is 19.1 Å². The normalized spacial score (nSPS) is 21.3. The average molecular weight is 260 g/mol. The second-order valence-electron chi connectivity index (χ2n) is 6.49. The van der Waals surface area contributed by atoms with Crippen molar-refractivity contribution in [2.24, 2.45) is 0 Å². The molecular formula is C17H28N2. The number of hydrogen-bond acceptors (Lipinski definition) is 2. The van der Waals surface area contributed by atoms with E-state index in [-0.39, 0.29) is 5.54 Å².